The van der Waals surface area contributed by atoms with E-state index in [2.05, 4.69) is 5.32 Å². The molecule has 8 heteroatoms. The highest BCUT2D eigenvalue weighted by Gasteiger charge is 2.23. The summed E-state index contributed by atoms with van der Waals surface area (Å²) in [7, 11) is 0. The van der Waals surface area contributed by atoms with E-state index in [-0.39, 0.29) is 16.8 Å². The smallest absolute Gasteiger partial charge is 0.335 e. The van der Waals surface area contributed by atoms with E-state index in [1.54, 1.807) is 18.2 Å². The van der Waals surface area contributed by atoms with Crippen molar-refractivity contribution in [2.24, 2.45) is 0 Å². The number of carboxylic acids is 1. The van der Waals surface area contributed by atoms with Crippen molar-refractivity contribution in [1.29, 1.82) is 0 Å². The van der Waals surface area contributed by atoms with Crippen LogP contribution in [-0.2, 0) is 0 Å². The topological polar surface area (TPSA) is 113 Å². The average Bonchev–Trinajstić information content (AvgIpc) is 2.68. The summed E-state index contributed by atoms with van der Waals surface area (Å²) >= 11 is 0. The average molecular weight is 369 g/mol. The van der Waals surface area contributed by atoms with Gasteiger partial charge in [0.05, 0.1) is 10.5 Å². The van der Waals surface area contributed by atoms with Crippen LogP contribution in [0.15, 0.2) is 42.5 Å². The molecule has 1 saturated heterocycles. The van der Waals surface area contributed by atoms with Gasteiger partial charge in [-0.2, -0.15) is 0 Å². The summed E-state index contributed by atoms with van der Waals surface area (Å²) < 4.78 is 0. The molecule has 27 heavy (non-hydrogen) atoms. The van der Waals surface area contributed by atoms with Crippen molar-refractivity contribution in [2.45, 2.75) is 19.3 Å². The van der Waals surface area contributed by atoms with E-state index in [1.807, 2.05) is 4.90 Å². The van der Waals surface area contributed by atoms with Gasteiger partial charge in [-0.05, 0) is 49.6 Å². The van der Waals surface area contributed by atoms with Gasteiger partial charge < -0.3 is 15.3 Å². The second kappa shape index (κ2) is 7.86. The number of hydrogen-bond donors (Lipinski definition) is 2. The standard InChI is InChI=1S/C19H19N3O5/c23-18(20-15-6-4-5-14(11-15)19(24)25)13-7-8-16(17(12-13)22(26)27)21-9-2-1-3-10-21/h4-8,11-12H,1-3,9-10H2,(H,20,23)(H,24,25). The number of anilines is 2. The maximum absolute atomic E-state index is 12.5. The number of rotatable bonds is 5. The largest absolute Gasteiger partial charge is 0.478 e. The zero-order chi connectivity index (χ0) is 19.4. The molecule has 0 unspecified atom stereocenters. The number of hydrogen-bond acceptors (Lipinski definition) is 5. The van der Waals surface area contributed by atoms with Gasteiger partial charge in [0.2, 0.25) is 0 Å². The summed E-state index contributed by atoms with van der Waals surface area (Å²) in [5.41, 5.74) is 0.901. The molecule has 0 aliphatic carbocycles. The lowest BCUT2D eigenvalue weighted by Gasteiger charge is -2.28. The summed E-state index contributed by atoms with van der Waals surface area (Å²) in [5.74, 6) is -1.64. The molecule has 0 spiro atoms. The molecule has 1 aliphatic heterocycles. The van der Waals surface area contributed by atoms with E-state index in [1.165, 1.54) is 24.3 Å². The highest BCUT2D eigenvalue weighted by Crippen LogP contribution is 2.31. The molecule has 3 rings (SSSR count). The third kappa shape index (κ3) is 4.22. The van der Waals surface area contributed by atoms with Gasteiger partial charge in [0.15, 0.2) is 0 Å². The maximum Gasteiger partial charge on any atom is 0.335 e. The van der Waals surface area contributed by atoms with E-state index < -0.39 is 16.8 Å². The number of nitrogens with one attached hydrogen (secondary N) is 1. The molecule has 2 aromatic rings. The summed E-state index contributed by atoms with van der Waals surface area (Å²) in [5, 5.41) is 23.1. The first kappa shape index (κ1) is 18.4. The molecule has 8 nitrogen and oxygen atoms in total. The van der Waals surface area contributed by atoms with Crippen LogP contribution in [-0.4, -0.2) is 35.0 Å². The van der Waals surface area contributed by atoms with Crippen molar-refractivity contribution in [3.05, 3.63) is 63.7 Å². The van der Waals surface area contributed by atoms with Gasteiger partial charge in [0.25, 0.3) is 11.6 Å². The lowest BCUT2D eigenvalue weighted by molar-refractivity contribution is -0.384. The van der Waals surface area contributed by atoms with E-state index in [0.717, 1.165) is 32.4 Å². The molecule has 1 fully saturated rings. The Morgan fingerprint density at radius 1 is 1.04 bits per heavy atom. The number of nitrogens with zero attached hydrogens (tertiary/aromatic N) is 2. The number of nitro groups is 1. The number of benzene rings is 2. The van der Waals surface area contributed by atoms with Crippen molar-refractivity contribution >= 4 is 28.9 Å². The molecule has 0 radical (unpaired) electrons. The predicted molar refractivity (Wildman–Crippen MR) is 101 cm³/mol. The van der Waals surface area contributed by atoms with E-state index >= 15 is 0 Å². The van der Waals surface area contributed by atoms with Gasteiger partial charge in [-0.15, -0.1) is 0 Å². The third-order valence-electron chi connectivity index (χ3n) is 4.50. The van der Waals surface area contributed by atoms with Crippen LogP contribution >= 0.6 is 0 Å². The van der Waals surface area contributed by atoms with Gasteiger partial charge in [-0.25, -0.2) is 4.79 Å². The monoisotopic (exact) mass is 369 g/mol. The highest BCUT2D eigenvalue weighted by molar-refractivity contribution is 6.05. The third-order valence-corrected chi connectivity index (χ3v) is 4.50. The Balaban J connectivity index is 1.84. The SMILES string of the molecule is O=C(O)c1cccc(NC(=O)c2ccc(N3CCCCC3)c([N+](=O)[O-])c2)c1. The quantitative estimate of drug-likeness (QED) is 0.616. The number of carbonyl (C=O) groups excluding carboxylic acids is 1. The minimum absolute atomic E-state index is 0.0410. The van der Waals surface area contributed by atoms with Crippen LogP contribution < -0.4 is 10.2 Å². The Bertz CT molecular complexity index is 891. The number of piperidine rings is 1. The molecule has 0 saturated carbocycles. The van der Waals surface area contributed by atoms with E-state index in [4.69, 9.17) is 5.11 Å². The molecule has 0 aromatic heterocycles. The molecule has 0 atom stereocenters. The maximum atomic E-state index is 12.5. The molecule has 2 aromatic carbocycles. The number of aromatic carboxylic acids is 1. The number of amides is 1. The van der Waals surface area contributed by atoms with Crippen molar-refractivity contribution in [2.75, 3.05) is 23.3 Å². The van der Waals surface area contributed by atoms with E-state index in [9.17, 15) is 19.7 Å². The second-order valence-electron chi connectivity index (χ2n) is 6.35. The molecule has 2 N–H and O–H groups in total. The Labute approximate surface area is 155 Å². The summed E-state index contributed by atoms with van der Waals surface area (Å²) in [4.78, 5) is 36.5. The van der Waals surface area contributed by atoms with Gasteiger partial charge in [0.1, 0.15) is 5.69 Å². The van der Waals surface area contributed by atoms with Crippen molar-refractivity contribution in [3.63, 3.8) is 0 Å². The van der Waals surface area contributed by atoms with Crippen LogP contribution in [0.5, 0.6) is 0 Å². The van der Waals surface area contributed by atoms with Crippen molar-refractivity contribution < 1.29 is 19.6 Å². The first-order chi connectivity index (χ1) is 13.0. The van der Waals surface area contributed by atoms with Crippen LogP contribution in [0.2, 0.25) is 0 Å². The minimum atomic E-state index is -1.10. The lowest BCUT2D eigenvalue weighted by Crippen LogP contribution is -2.30. The normalized spacial score (nSPS) is 13.9. The number of carboxylic acid groups (broad SMARTS) is 1. The molecular weight excluding hydrogens is 350 g/mol. The molecule has 1 aliphatic rings. The Kier molecular flexibility index (Phi) is 5.35. The second-order valence-corrected chi connectivity index (χ2v) is 6.35. The highest BCUT2D eigenvalue weighted by atomic mass is 16.6. The fourth-order valence-corrected chi connectivity index (χ4v) is 3.15. The molecular formula is C19H19N3O5. The summed E-state index contributed by atoms with van der Waals surface area (Å²) in [6.45, 7) is 1.52. The number of nitro benzene ring substituents is 1. The Hall–Kier alpha value is -3.42. The van der Waals surface area contributed by atoms with Gasteiger partial charge >= 0.3 is 5.97 Å². The van der Waals surface area contributed by atoms with Crippen LogP contribution in [0.1, 0.15) is 40.0 Å². The van der Waals surface area contributed by atoms with Crippen LogP contribution in [0.3, 0.4) is 0 Å². The first-order valence-electron chi connectivity index (χ1n) is 8.64. The number of carbonyl (C=O) groups is 2. The summed E-state index contributed by atoms with van der Waals surface area (Å²) in [6, 6.07) is 10.2. The molecule has 140 valence electrons. The lowest BCUT2D eigenvalue weighted by atomic mass is 10.1. The van der Waals surface area contributed by atoms with Gasteiger partial charge in [-0.1, -0.05) is 6.07 Å². The zero-order valence-corrected chi connectivity index (χ0v) is 14.6. The van der Waals surface area contributed by atoms with Crippen molar-refractivity contribution in [1.82, 2.24) is 0 Å². The fourth-order valence-electron chi connectivity index (χ4n) is 3.15. The van der Waals surface area contributed by atoms with Crippen LogP contribution in [0.25, 0.3) is 0 Å². The predicted octanol–water partition coefficient (Wildman–Crippen LogP) is 3.54. The van der Waals surface area contributed by atoms with Gasteiger partial charge in [0, 0.05) is 30.4 Å². The molecule has 1 amide bonds. The van der Waals surface area contributed by atoms with Crippen LogP contribution in [0.4, 0.5) is 17.1 Å². The molecule has 1 heterocycles. The van der Waals surface area contributed by atoms with Crippen LogP contribution in [0, 0.1) is 10.1 Å². The Morgan fingerprint density at radius 3 is 2.44 bits per heavy atom. The zero-order valence-electron chi connectivity index (χ0n) is 14.6. The first-order valence-corrected chi connectivity index (χ1v) is 8.64. The van der Waals surface area contributed by atoms with E-state index in [0.29, 0.717) is 11.4 Å². The van der Waals surface area contributed by atoms with Gasteiger partial charge in [-0.3, -0.25) is 14.9 Å². The van der Waals surface area contributed by atoms with Crippen molar-refractivity contribution in [3.8, 4) is 0 Å². The fraction of sp³-hybridized carbons (Fsp3) is 0.263. The summed E-state index contributed by atoms with van der Waals surface area (Å²) in [6.07, 6.45) is 3.08. The minimum Gasteiger partial charge on any atom is -0.478 e. The Morgan fingerprint density at radius 2 is 1.78 bits per heavy atom. The molecule has 0 bridgehead atoms.